The number of benzene rings is 2. The van der Waals surface area contributed by atoms with E-state index >= 15 is 0 Å². The number of carbonyl (C=O) groups is 1. The molecule has 0 fully saturated rings. The minimum Gasteiger partial charge on any atom is -0.294 e. The van der Waals surface area contributed by atoms with Crippen molar-refractivity contribution < 1.29 is 4.79 Å². The van der Waals surface area contributed by atoms with Crippen LogP contribution in [0.3, 0.4) is 0 Å². The highest BCUT2D eigenvalue weighted by Crippen LogP contribution is 2.34. The third-order valence-electron chi connectivity index (χ3n) is 3.54. The Morgan fingerprint density at radius 2 is 1.68 bits per heavy atom. The van der Waals surface area contributed by atoms with Gasteiger partial charge in [-0.1, -0.05) is 47.5 Å². The molecule has 0 spiro atoms. The number of Topliss-reactive ketones (excluding diaryl/α,β-unsaturated/α-hetero) is 1. The molecule has 1 aliphatic rings. The Kier molecular flexibility index (Phi) is 3.34. The summed E-state index contributed by atoms with van der Waals surface area (Å²) in [6, 6.07) is 11.5. The first kappa shape index (κ1) is 12.7. The van der Waals surface area contributed by atoms with Gasteiger partial charge in [-0.2, -0.15) is 0 Å². The van der Waals surface area contributed by atoms with Gasteiger partial charge in [0, 0.05) is 12.0 Å². The first-order valence-electron chi connectivity index (χ1n) is 6.27. The standard InChI is InChI=1S/C16H12Cl2O/c17-14-8-7-10(9-15(14)18)11-3-1-5-13-12(11)4-2-6-16(13)19/h1,3,5,7-9H,2,4,6H2. The molecule has 2 aromatic carbocycles. The lowest BCUT2D eigenvalue weighted by Gasteiger charge is -2.18. The molecule has 0 amide bonds. The van der Waals surface area contributed by atoms with E-state index in [0.29, 0.717) is 16.5 Å². The molecule has 0 N–H and O–H groups in total. The highest BCUT2D eigenvalue weighted by Gasteiger charge is 2.20. The number of halogens is 2. The smallest absolute Gasteiger partial charge is 0.163 e. The van der Waals surface area contributed by atoms with Gasteiger partial charge in [0.05, 0.1) is 10.0 Å². The molecule has 1 nitrogen and oxygen atoms in total. The van der Waals surface area contributed by atoms with E-state index in [0.717, 1.165) is 35.1 Å². The number of hydrogen-bond acceptors (Lipinski definition) is 1. The van der Waals surface area contributed by atoms with Crippen molar-refractivity contribution in [3.05, 3.63) is 57.6 Å². The monoisotopic (exact) mass is 290 g/mol. The molecule has 0 radical (unpaired) electrons. The number of carbonyl (C=O) groups excluding carboxylic acids is 1. The molecule has 0 aliphatic heterocycles. The van der Waals surface area contributed by atoms with E-state index in [4.69, 9.17) is 23.2 Å². The molecule has 96 valence electrons. The first-order chi connectivity index (χ1) is 9.16. The highest BCUT2D eigenvalue weighted by atomic mass is 35.5. The van der Waals surface area contributed by atoms with Crippen LogP contribution in [0.2, 0.25) is 10.0 Å². The molecule has 0 unspecified atom stereocenters. The van der Waals surface area contributed by atoms with Crippen LogP contribution in [0.4, 0.5) is 0 Å². The zero-order valence-electron chi connectivity index (χ0n) is 10.2. The molecular formula is C16H12Cl2O. The summed E-state index contributed by atoms with van der Waals surface area (Å²) in [7, 11) is 0. The summed E-state index contributed by atoms with van der Waals surface area (Å²) in [5.74, 6) is 0.239. The van der Waals surface area contributed by atoms with E-state index in [1.165, 1.54) is 0 Å². The third-order valence-corrected chi connectivity index (χ3v) is 4.28. The van der Waals surface area contributed by atoms with E-state index in [1.54, 1.807) is 6.07 Å². The lowest BCUT2D eigenvalue weighted by atomic mass is 9.85. The summed E-state index contributed by atoms with van der Waals surface area (Å²) < 4.78 is 0. The van der Waals surface area contributed by atoms with Crippen LogP contribution in [-0.2, 0) is 6.42 Å². The summed E-state index contributed by atoms with van der Waals surface area (Å²) in [6.07, 6.45) is 2.51. The normalized spacial score (nSPS) is 14.3. The molecule has 0 saturated carbocycles. The molecule has 3 rings (SSSR count). The van der Waals surface area contributed by atoms with Gasteiger partial charge in [-0.15, -0.1) is 0 Å². The zero-order chi connectivity index (χ0) is 13.4. The molecule has 0 heterocycles. The van der Waals surface area contributed by atoms with E-state index in [2.05, 4.69) is 0 Å². The molecule has 3 heteroatoms. The molecule has 19 heavy (non-hydrogen) atoms. The number of hydrogen-bond donors (Lipinski definition) is 0. The van der Waals surface area contributed by atoms with Crippen LogP contribution in [0, 0.1) is 0 Å². The third kappa shape index (κ3) is 2.29. The molecule has 2 aromatic rings. The topological polar surface area (TPSA) is 17.1 Å². The van der Waals surface area contributed by atoms with Crippen molar-refractivity contribution >= 4 is 29.0 Å². The number of rotatable bonds is 1. The molecule has 0 aromatic heterocycles. The maximum absolute atomic E-state index is 11.9. The predicted molar refractivity (Wildman–Crippen MR) is 79.2 cm³/mol. The Labute approximate surface area is 122 Å². The number of ketones is 1. The van der Waals surface area contributed by atoms with E-state index in [9.17, 15) is 4.79 Å². The highest BCUT2D eigenvalue weighted by molar-refractivity contribution is 6.42. The fraction of sp³-hybridized carbons (Fsp3) is 0.188. The Hall–Kier alpha value is -1.31. The van der Waals surface area contributed by atoms with Gasteiger partial charge in [-0.05, 0) is 41.7 Å². The minimum absolute atomic E-state index is 0.239. The van der Waals surface area contributed by atoms with Crippen LogP contribution in [-0.4, -0.2) is 5.78 Å². The van der Waals surface area contributed by atoms with Crippen LogP contribution in [0.15, 0.2) is 36.4 Å². The molecule has 1 aliphatic carbocycles. The van der Waals surface area contributed by atoms with Crippen molar-refractivity contribution in [2.75, 3.05) is 0 Å². The van der Waals surface area contributed by atoms with Gasteiger partial charge in [0.15, 0.2) is 5.78 Å². The van der Waals surface area contributed by atoms with Crippen molar-refractivity contribution in [1.29, 1.82) is 0 Å². The first-order valence-corrected chi connectivity index (χ1v) is 7.03. The maximum atomic E-state index is 11.9. The van der Waals surface area contributed by atoms with Gasteiger partial charge in [0.1, 0.15) is 0 Å². The second kappa shape index (κ2) is 4.99. The van der Waals surface area contributed by atoms with E-state index < -0.39 is 0 Å². The van der Waals surface area contributed by atoms with Gasteiger partial charge in [0.25, 0.3) is 0 Å². The van der Waals surface area contributed by atoms with Gasteiger partial charge in [-0.3, -0.25) is 4.79 Å². The largest absolute Gasteiger partial charge is 0.294 e. The predicted octanol–water partition coefficient (Wildman–Crippen LogP) is 5.18. The van der Waals surface area contributed by atoms with Gasteiger partial charge in [-0.25, -0.2) is 0 Å². The fourth-order valence-corrected chi connectivity index (χ4v) is 2.91. The van der Waals surface area contributed by atoms with Crippen molar-refractivity contribution in [1.82, 2.24) is 0 Å². The second-order valence-corrected chi connectivity index (χ2v) is 5.55. The second-order valence-electron chi connectivity index (χ2n) is 4.74. The average molecular weight is 291 g/mol. The average Bonchev–Trinajstić information content (AvgIpc) is 2.42. The van der Waals surface area contributed by atoms with Crippen LogP contribution >= 0.6 is 23.2 Å². The Morgan fingerprint density at radius 1 is 0.895 bits per heavy atom. The Balaban J connectivity index is 2.17. The van der Waals surface area contributed by atoms with Gasteiger partial charge < -0.3 is 0 Å². The lowest BCUT2D eigenvalue weighted by molar-refractivity contribution is 0.0972. The SMILES string of the molecule is O=C1CCCc2c1cccc2-c1ccc(Cl)c(Cl)c1. The fourth-order valence-electron chi connectivity index (χ4n) is 2.61. The summed E-state index contributed by atoms with van der Waals surface area (Å²) in [5, 5.41) is 1.09. The van der Waals surface area contributed by atoms with Gasteiger partial charge >= 0.3 is 0 Å². The van der Waals surface area contributed by atoms with Crippen molar-refractivity contribution in [2.24, 2.45) is 0 Å². The molecule has 0 atom stereocenters. The minimum atomic E-state index is 0.239. The number of fused-ring (bicyclic) bond motifs is 1. The summed E-state index contributed by atoms with van der Waals surface area (Å²) in [6.45, 7) is 0. The quantitative estimate of drug-likeness (QED) is 0.707. The Morgan fingerprint density at radius 3 is 2.47 bits per heavy atom. The van der Waals surface area contributed by atoms with Crippen molar-refractivity contribution in [2.45, 2.75) is 19.3 Å². The van der Waals surface area contributed by atoms with Gasteiger partial charge in [0.2, 0.25) is 0 Å². The lowest BCUT2D eigenvalue weighted by Crippen LogP contribution is -2.11. The zero-order valence-corrected chi connectivity index (χ0v) is 11.8. The summed E-state index contributed by atoms with van der Waals surface area (Å²) in [5.41, 5.74) is 4.09. The molecular weight excluding hydrogens is 279 g/mol. The van der Waals surface area contributed by atoms with Crippen molar-refractivity contribution in [3.63, 3.8) is 0 Å². The summed E-state index contributed by atoms with van der Waals surface area (Å²) in [4.78, 5) is 11.9. The summed E-state index contributed by atoms with van der Waals surface area (Å²) >= 11 is 12.0. The van der Waals surface area contributed by atoms with Crippen LogP contribution in [0.5, 0.6) is 0 Å². The van der Waals surface area contributed by atoms with E-state index in [1.807, 2.05) is 30.3 Å². The molecule has 0 saturated heterocycles. The van der Waals surface area contributed by atoms with Crippen molar-refractivity contribution in [3.8, 4) is 11.1 Å². The van der Waals surface area contributed by atoms with Crippen LogP contribution in [0.1, 0.15) is 28.8 Å². The van der Waals surface area contributed by atoms with Crippen LogP contribution in [0.25, 0.3) is 11.1 Å². The maximum Gasteiger partial charge on any atom is 0.163 e. The molecule has 0 bridgehead atoms. The Bertz CT molecular complexity index is 662. The van der Waals surface area contributed by atoms with E-state index in [-0.39, 0.29) is 5.78 Å². The van der Waals surface area contributed by atoms with Crippen LogP contribution < -0.4 is 0 Å².